The lowest BCUT2D eigenvalue weighted by Crippen LogP contribution is -2.40. The molecule has 0 radical (unpaired) electrons. The summed E-state index contributed by atoms with van der Waals surface area (Å²) >= 11 is 9.59. The second kappa shape index (κ2) is 9.29. The second-order valence-electron chi connectivity index (χ2n) is 7.49. The molecule has 4 rings (SSSR count). The monoisotopic (exact) mass is 488 g/mol. The normalized spacial score (nSPS) is 17.1. The number of likely N-dealkylation sites (tertiary alicyclic amines) is 1. The molecular weight excluding hydrogens is 468 g/mol. The van der Waals surface area contributed by atoms with E-state index in [-0.39, 0.29) is 11.8 Å². The minimum atomic E-state index is -0.0917. The first-order chi connectivity index (χ1) is 14.5. The number of carbonyl (C=O) groups is 1. The van der Waals surface area contributed by atoms with E-state index >= 15 is 0 Å². The van der Waals surface area contributed by atoms with Gasteiger partial charge in [-0.1, -0.05) is 38.8 Å². The molecule has 1 unspecified atom stereocenters. The Morgan fingerprint density at radius 2 is 2.10 bits per heavy atom. The van der Waals surface area contributed by atoms with E-state index in [2.05, 4.69) is 36.3 Å². The van der Waals surface area contributed by atoms with Crippen LogP contribution in [0.25, 0.3) is 11.4 Å². The van der Waals surface area contributed by atoms with Crippen molar-refractivity contribution >= 4 is 39.1 Å². The fraction of sp³-hybridized carbons (Fsp3) is 0.318. The molecule has 0 spiro atoms. The van der Waals surface area contributed by atoms with Crippen LogP contribution in [0.4, 0.5) is 5.69 Å². The van der Waals surface area contributed by atoms with Crippen LogP contribution in [0.3, 0.4) is 0 Å². The number of amides is 1. The average molecular weight is 490 g/mol. The van der Waals surface area contributed by atoms with Crippen molar-refractivity contribution in [2.45, 2.75) is 26.3 Å². The third-order valence-electron chi connectivity index (χ3n) is 5.33. The number of nitrogens with one attached hydrogen (secondary N) is 1. The van der Waals surface area contributed by atoms with Crippen molar-refractivity contribution in [1.82, 2.24) is 15.0 Å². The molecule has 0 saturated carbocycles. The van der Waals surface area contributed by atoms with Crippen LogP contribution in [0.5, 0.6) is 0 Å². The Labute approximate surface area is 188 Å². The molecule has 1 N–H and O–H groups in total. The molecule has 156 valence electrons. The summed E-state index contributed by atoms with van der Waals surface area (Å²) in [5.41, 5.74) is 2.55. The number of hydrogen-bond donors (Lipinski definition) is 1. The van der Waals surface area contributed by atoms with E-state index in [0.717, 1.165) is 40.7 Å². The summed E-state index contributed by atoms with van der Waals surface area (Å²) < 4.78 is 6.44. The standard InChI is InChI=1S/C22H22BrClN4O2/c1-14-18(24)5-2-6-19(14)25-22(29)16-4-3-11-28(12-16)13-20-26-21(27-30-20)15-7-9-17(23)10-8-15/h2,5-10,16H,3-4,11-13H2,1H3,(H,25,29). The van der Waals surface area contributed by atoms with Gasteiger partial charge in [0.2, 0.25) is 17.6 Å². The van der Waals surface area contributed by atoms with Gasteiger partial charge in [-0.05, 0) is 68.3 Å². The Bertz CT molecular complexity index is 1040. The number of carbonyl (C=O) groups excluding carboxylic acids is 1. The molecule has 0 bridgehead atoms. The van der Waals surface area contributed by atoms with Gasteiger partial charge < -0.3 is 9.84 Å². The highest BCUT2D eigenvalue weighted by Crippen LogP contribution is 2.26. The Kier molecular flexibility index (Phi) is 6.51. The first kappa shape index (κ1) is 21.0. The minimum absolute atomic E-state index is 0.0196. The topological polar surface area (TPSA) is 71.3 Å². The highest BCUT2D eigenvalue weighted by Gasteiger charge is 2.27. The Balaban J connectivity index is 1.38. The van der Waals surface area contributed by atoms with Crippen LogP contribution >= 0.6 is 27.5 Å². The molecule has 30 heavy (non-hydrogen) atoms. The third kappa shape index (κ3) is 4.91. The van der Waals surface area contributed by atoms with Crippen LogP contribution < -0.4 is 5.32 Å². The molecule has 1 atom stereocenters. The summed E-state index contributed by atoms with van der Waals surface area (Å²) in [6, 6.07) is 13.3. The molecule has 1 saturated heterocycles. The average Bonchev–Trinajstić information content (AvgIpc) is 3.20. The van der Waals surface area contributed by atoms with Crippen LogP contribution in [0.1, 0.15) is 24.3 Å². The predicted molar refractivity (Wildman–Crippen MR) is 120 cm³/mol. The van der Waals surface area contributed by atoms with Gasteiger partial charge in [0.25, 0.3) is 0 Å². The van der Waals surface area contributed by atoms with Crippen LogP contribution in [0, 0.1) is 12.8 Å². The maximum atomic E-state index is 12.8. The number of benzene rings is 2. The molecule has 1 amide bonds. The lowest BCUT2D eigenvalue weighted by molar-refractivity contribution is -0.121. The van der Waals surface area contributed by atoms with Crippen molar-refractivity contribution in [2.24, 2.45) is 5.92 Å². The van der Waals surface area contributed by atoms with Crippen molar-refractivity contribution in [1.29, 1.82) is 0 Å². The SMILES string of the molecule is Cc1c(Cl)cccc1NC(=O)C1CCCN(Cc2nc(-c3ccc(Br)cc3)no2)C1. The van der Waals surface area contributed by atoms with E-state index in [1.165, 1.54) is 0 Å². The number of piperidine rings is 1. The van der Waals surface area contributed by atoms with Gasteiger partial charge in [-0.2, -0.15) is 4.98 Å². The summed E-state index contributed by atoms with van der Waals surface area (Å²) in [6.07, 6.45) is 1.80. The Morgan fingerprint density at radius 1 is 1.30 bits per heavy atom. The number of rotatable bonds is 5. The molecule has 2 heterocycles. The largest absolute Gasteiger partial charge is 0.338 e. The van der Waals surface area contributed by atoms with Gasteiger partial charge >= 0.3 is 0 Å². The summed E-state index contributed by atoms with van der Waals surface area (Å²) in [5, 5.41) is 7.77. The number of aromatic nitrogens is 2. The summed E-state index contributed by atoms with van der Waals surface area (Å²) in [6.45, 7) is 3.99. The van der Waals surface area contributed by atoms with Crippen molar-refractivity contribution in [3.05, 3.63) is 63.4 Å². The lowest BCUT2D eigenvalue weighted by Gasteiger charge is -2.31. The predicted octanol–water partition coefficient (Wildman–Crippen LogP) is 5.31. The summed E-state index contributed by atoms with van der Waals surface area (Å²) in [5.74, 6) is 1.05. The van der Waals surface area contributed by atoms with Gasteiger partial charge in [-0.15, -0.1) is 0 Å². The molecular formula is C22H22BrClN4O2. The number of hydrogen-bond acceptors (Lipinski definition) is 5. The molecule has 8 heteroatoms. The van der Waals surface area contributed by atoms with Crippen molar-refractivity contribution in [3.8, 4) is 11.4 Å². The van der Waals surface area contributed by atoms with E-state index in [9.17, 15) is 4.79 Å². The zero-order valence-electron chi connectivity index (χ0n) is 16.6. The second-order valence-corrected chi connectivity index (χ2v) is 8.82. The Hall–Kier alpha value is -2.22. The van der Waals surface area contributed by atoms with E-state index < -0.39 is 0 Å². The molecule has 1 aromatic heterocycles. The van der Waals surface area contributed by atoms with Gasteiger partial charge in [0, 0.05) is 27.3 Å². The highest BCUT2D eigenvalue weighted by atomic mass is 79.9. The zero-order valence-corrected chi connectivity index (χ0v) is 18.9. The minimum Gasteiger partial charge on any atom is -0.338 e. The zero-order chi connectivity index (χ0) is 21.1. The lowest BCUT2D eigenvalue weighted by atomic mass is 9.97. The number of anilines is 1. The van der Waals surface area contributed by atoms with E-state index in [1.54, 1.807) is 0 Å². The summed E-state index contributed by atoms with van der Waals surface area (Å²) in [4.78, 5) is 19.5. The molecule has 3 aromatic rings. The van der Waals surface area contributed by atoms with Crippen molar-refractivity contribution in [3.63, 3.8) is 0 Å². The van der Waals surface area contributed by atoms with Crippen LogP contribution in [-0.4, -0.2) is 34.0 Å². The quantitative estimate of drug-likeness (QED) is 0.526. The smallest absolute Gasteiger partial charge is 0.241 e. The molecule has 1 aliphatic rings. The van der Waals surface area contributed by atoms with E-state index in [4.69, 9.17) is 16.1 Å². The molecule has 6 nitrogen and oxygen atoms in total. The maximum Gasteiger partial charge on any atom is 0.241 e. The van der Waals surface area contributed by atoms with Crippen molar-refractivity contribution in [2.75, 3.05) is 18.4 Å². The van der Waals surface area contributed by atoms with Gasteiger partial charge in [-0.25, -0.2) is 0 Å². The van der Waals surface area contributed by atoms with E-state index in [0.29, 0.717) is 29.8 Å². The number of halogens is 2. The van der Waals surface area contributed by atoms with Crippen LogP contribution in [-0.2, 0) is 11.3 Å². The Morgan fingerprint density at radius 3 is 2.90 bits per heavy atom. The van der Waals surface area contributed by atoms with Gasteiger partial charge in [-0.3, -0.25) is 9.69 Å². The third-order valence-corrected chi connectivity index (χ3v) is 6.27. The molecule has 1 fully saturated rings. The molecule has 0 aliphatic carbocycles. The van der Waals surface area contributed by atoms with Gasteiger partial charge in [0.15, 0.2) is 0 Å². The molecule has 1 aliphatic heterocycles. The van der Waals surface area contributed by atoms with Crippen LogP contribution in [0.15, 0.2) is 51.5 Å². The van der Waals surface area contributed by atoms with Crippen LogP contribution in [0.2, 0.25) is 5.02 Å². The maximum absolute atomic E-state index is 12.8. The van der Waals surface area contributed by atoms with Crippen molar-refractivity contribution < 1.29 is 9.32 Å². The first-order valence-electron chi connectivity index (χ1n) is 9.86. The summed E-state index contributed by atoms with van der Waals surface area (Å²) in [7, 11) is 0. The fourth-order valence-electron chi connectivity index (χ4n) is 3.62. The highest BCUT2D eigenvalue weighted by molar-refractivity contribution is 9.10. The number of nitrogens with zero attached hydrogens (tertiary/aromatic N) is 3. The van der Waals surface area contributed by atoms with Gasteiger partial charge in [0.1, 0.15) is 0 Å². The molecule has 2 aromatic carbocycles. The van der Waals surface area contributed by atoms with E-state index in [1.807, 2.05) is 49.4 Å². The fourth-order valence-corrected chi connectivity index (χ4v) is 4.06. The van der Waals surface area contributed by atoms with Gasteiger partial charge in [0.05, 0.1) is 12.5 Å². The first-order valence-corrected chi connectivity index (χ1v) is 11.0.